The molecule has 6 heteroatoms. The van der Waals surface area contributed by atoms with Crippen molar-refractivity contribution in [3.05, 3.63) is 29.8 Å². The molecule has 1 amide bonds. The molecule has 20 heavy (non-hydrogen) atoms. The molecule has 0 spiro atoms. The minimum atomic E-state index is -0.643. The van der Waals surface area contributed by atoms with Crippen LogP contribution in [-0.2, 0) is 9.47 Å². The number of hydrogen-bond donors (Lipinski definition) is 0. The minimum absolute atomic E-state index is 0.00290. The lowest BCUT2D eigenvalue weighted by molar-refractivity contribution is 0.0257. The highest BCUT2D eigenvalue weighted by Crippen LogP contribution is 2.33. The van der Waals surface area contributed by atoms with Crippen LogP contribution in [0.1, 0.15) is 17.3 Å². The summed E-state index contributed by atoms with van der Waals surface area (Å²) >= 11 is 0. The van der Waals surface area contributed by atoms with Crippen molar-refractivity contribution in [3.8, 4) is 0 Å². The average Bonchev–Trinajstić information content (AvgIpc) is 3.02. The number of carbonyl (C=O) groups is 1. The molecule has 108 valence electrons. The first-order valence-corrected chi connectivity index (χ1v) is 6.82. The number of carbonyl (C=O) groups excluding carboxylic acids is 1. The van der Waals surface area contributed by atoms with Gasteiger partial charge >= 0.3 is 0 Å². The van der Waals surface area contributed by atoms with Crippen molar-refractivity contribution >= 4 is 5.91 Å². The van der Waals surface area contributed by atoms with Crippen LogP contribution in [0.3, 0.4) is 0 Å². The summed E-state index contributed by atoms with van der Waals surface area (Å²) in [6.45, 7) is 4.22. The quantitative estimate of drug-likeness (QED) is 0.778. The van der Waals surface area contributed by atoms with Gasteiger partial charge in [0, 0.05) is 36.9 Å². The number of halogens is 1. The van der Waals surface area contributed by atoms with E-state index in [9.17, 15) is 9.18 Å². The van der Waals surface area contributed by atoms with Gasteiger partial charge in [0.15, 0.2) is 0 Å². The molecule has 0 bridgehead atoms. The molecule has 2 aliphatic heterocycles. The maximum atomic E-state index is 13.1. The van der Waals surface area contributed by atoms with Crippen LogP contribution in [0.5, 0.6) is 0 Å². The molecule has 3 heterocycles. The van der Waals surface area contributed by atoms with Gasteiger partial charge in [0.1, 0.15) is 0 Å². The molecule has 0 unspecified atom stereocenters. The van der Waals surface area contributed by atoms with Crippen molar-refractivity contribution in [1.29, 1.82) is 0 Å². The van der Waals surface area contributed by atoms with Gasteiger partial charge in [-0.1, -0.05) is 0 Å². The van der Waals surface area contributed by atoms with Crippen LogP contribution in [0.15, 0.2) is 18.3 Å². The van der Waals surface area contributed by atoms with Crippen molar-refractivity contribution in [2.45, 2.75) is 19.1 Å². The lowest BCUT2D eigenvalue weighted by atomic mass is 10.0. The number of nitrogens with zero attached hydrogens (tertiary/aromatic N) is 2. The SMILES string of the molecule is CCO[C@@H]1CN(C(=O)c2ccnc(F)c2)[C@@H]2COC[C@@H]21. The largest absolute Gasteiger partial charge is 0.379 e. The summed E-state index contributed by atoms with van der Waals surface area (Å²) in [5.41, 5.74) is 0.320. The second-order valence-corrected chi connectivity index (χ2v) is 5.09. The Labute approximate surface area is 116 Å². The smallest absolute Gasteiger partial charge is 0.254 e. The number of fused-ring (bicyclic) bond motifs is 1. The molecule has 0 aromatic carbocycles. The van der Waals surface area contributed by atoms with Crippen LogP contribution in [0.4, 0.5) is 4.39 Å². The number of aromatic nitrogens is 1. The Bertz CT molecular complexity index is 511. The van der Waals surface area contributed by atoms with Crippen molar-refractivity contribution in [2.75, 3.05) is 26.4 Å². The molecular weight excluding hydrogens is 263 g/mol. The normalized spacial score (nSPS) is 28.7. The number of rotatable bonds is 3. The van der Waals surface area contributed by atoms with E-state index in [4.69, 9.17) is 9.47 Å². The molecule has 3 atom stereocenters. The van der Waals surface area contributed by atoms with E-state index in [1.54, 1.807) is 4.90 Å². The first kappa shape index (κ1) is 13.5. The average molecular weight is 280 g/mol. The maximum absolute atomic E-state index is 13.1. The molecule has 3 rings (SSSR count). The summed E-state index contributed by atoms with van der Waals surface area (Å²) in [6, 6.07) is 2.72. The van der Waals surface area contributed by atoms with E-state index in [1.165, 1.54) is 18.3 Å². The summed E-state index contributed by atoms with van der Waals surface area (Å²) in [7, 11) is 0. The third-order valence-electron chi connectivity index (χ3n) is 3.96. The number of hydrogen-bond acceptors (Lipinski definition) is 4. The summed E-state index contributed by atoms with van der Waals surface area (Å²) in [6.07, 6.45) is 1.31. The number of likely N-dealkylation sites (tertiary alicyclic amines) is 1. The zero-order valence-corrected chi connectivity index (χ0v) is 11.3. The van der Waals surface area contributed by atoms with Crippen LogP contribution < -0.4 is 0 Å². The Morgan fingerprint density at radius 3 is 3.20 bits per heavy atom. The Kier molecular flexibility index (Phi) is 3.67. The van der Waals surface area contributed by atoms with Gasteiger partial charge in [-0.05, 0) is 13.0 Å². The lowest BCUT2D eigenvalue weighted by Crippen LogP contribution is -2.38. The fourth-order valence-electron chi connectivity index (χ4n) is 3.03. The zero-order chi connectivity index (χ0) is 14.1. The number of amides is 1. The highest BCUT2D eigenvalue weighted by molar-refractivity contribution is 5.94. The van der Waals surface area contributed by atoms with Gasteiger partial charge in [0.2, 0.25) is 5.95 Å². The Morgan fingerprint density at radius 1 is 1.60 bits per heavy atom. The van der Waals surface area contributed by atoms with E-state index in [-0.39, 0.29) is 24.0 Å². The van der Waals surface area contributed by atoms with Crippen LogP contribution in [0.2, 0.25) is 0 Å². The van der Waals surface area contributed by atoms with Crippen molar-refractivity contribution in [3.63, 3.8) is 0 Å². The van der Waals surface area contributed by atoms with Gasteiger partial charge in [0.25, 0.3) is 5.91 Å². The van der Waals surface area contributed by atoms with Crippen molar-refractivity contribution in [1.82, 2.24) is 9.88 Å². The van der Waals surface area contributed by atoms with Gasteiger partial charge in [-0.15, -0.1) is 0 Å². The third kappa shape index (κ3) is 2.29. The zero-order valence-electron chi connectivity index (χ0n) is 11.3. The molecule has 0 saturated carbocycles. The fraction of sp³-hybridized carbons (Fsp3) is 0.571. The minimum Gasteiger partial charge on any atom is -0.379 e. The van der Waals surface area contributed by atoms with Gasteiger partial charge < -0.3 is 14.4 Å². The lowest BCUT2D eigenvalue weighted by Gasteiger charge is -2.22. The number of ether oxygens (including phenoxy) is 2. The predicted octanol–water partition coefficient (Wildman–Crippen LogP) is 1.10. The van der Waals surface area contributed by atoms with E-state index in [0.717, 1.165) is 0 Å². The van der Waals surface area contributed by atoms with Crippen molar-refractivity contribution < 1.29 is 18.7 Å². The molecular formula is C14H17FN2O3. The summed E-state index contributed by atoms with van der Waals surface area (Å²) in [4.78, 5) is 17.7. The van der Waals surface area contributed by atoms with Crippen LogP contribution >= 0.6 is 0 Å². The molecule has 2 aliphatic rings. The van der Waals surface area contributed by atoms with Gasteiger partial charge in [-0.3, -0.25) is 4.79 Å². The second kappa shape index (κ2) is 5.46. The van der Waals surface area contributed by atoms with Gasteiger partial charge in [-0.25, -0.2) is 4.98 Å². The topological polar surface area (TPSA) is 51.7 Å². The van der Waals surface area contributed by atoms with E-state index in [2.05, 4.69) is 4.98 Å². The van der Waals surface area contributed by atoms with Crippen LogP contribution in [0, 0.1) is 11.9 Å². The molecule has 2 saturated heterocycles. The number of pyridine rings is 1. The van der Waals surface area contributed by atoms with E-state index >= 15 is 0 Å². The first-order valence-electron chi connectivity index (χ1n) is 6.82. The summed E-state index contributed by atoms with van der Waals surface area (Å²) in [5, 5.41) is 0. The molecule has 1 aromatic heterocycles. The van der Waals surface area contributed by atoms with E-state index in [0.29, 0.717) is 31.9 Å². The highest BCUT2D eigenvalue weighted by Gasteiger charge is 2.47. The molecule has 0 aliphatic carbocycles. The maximum Gasteiger partial charge on any atom is 0.254 e. The van der Waals surface area contributed by atoms with Crippen LogP contribution in [-0.4, -0.2) is 54.3 Å². The second-order valence-electron chi connectivity index (χ2n) is 5.09. The Morgan fingerprint density at radius 2 is 2.45 bits per heavy atom. The highest BCUT2D eigenvalue weighted by atomic mass is 19.1. The molecule has 0 N–H and O–H groups in total. The fourth-order valence-corrected chi connectivity index (χ4v) is 3.03. The predicted molar refractivity (Wildman–Crippen MR) is 68.7 cm³/mol. The molecule has 1 aromatic rings. The Balaban J connectivity index is 1.81. The summed E-state index contributed by atoms with van der Waals surface area (Å²) < 4.78 is 24.3. The van der Waals surface area contributed by atoms with E-state index in [1.807, 2.05) is 6.92 Å². The molecule has 2 fully saturated rings. The van der Waals surface area contributed by atoms with E-state index < -0.39 is 5.95 Å². The molecule has 5 nitrogen and oxygen atoms in total. The van der Waals surface area contributed by atoms with Crippen LogP contribution in [0.25, 0.3) is 0 Å². The Hall–Kier alpha value is -1.53. The molecule has 0 radical (unpaired) electrons. The summed E-state index contributed by atoms with van der Waals surface area (Å²) in [5.74, 6) is -0.616. The monoisotopic (exact) mass is 280 g/mol. The van der Waals surface area contributed by atoms with Gasteiger partial charge in [0.05, 0.1) is 25.4 Å². The first-order chi connectivity index (χ1) is 9.70. The standard InChI is InChI=1S/C14H17FN2O3/c1-2-20-12-6-17(11-8-19-7-10(11)12)14(18)9-3-4-16-13(15)5-9/h3-5,10-12H,2,6-8H2,1H3/t10-,11+,12+/m0/s1. The van der Waals surface area contributed by atoms with Gasteiger partial charge in [-0.2, -0.15) is 4.39 Å². The van der Waals surface area contributed by atoms with Crippen molar-refractivity contribution in [2.24, 2.45) is 5.92 Å². The third-order valence-corrected chi connectivity index (χ3v) is 3.96.